The normalized spacial score (nSPS) is 19.7. The first kappa shape index (κ1) is 18.2. The Morgan fingerprint density at radius 1 is 0.962 bits per heavy atom. The zero-order chi connectivity index (χ0) is 18.4. The van der Waals surface area contributed by atoms with Crippen molar-refractivity contribution in [2.75, 3.05) is 0 Å². The second kappa shape index (κ2) is 8.70. The molecule has 1 aliphatic carbocycles. The highest BCUT2D eigenvalue weighted by molar-refractivity contribution is 5.81. The van der Waals surface area contributed by atoms with Crippen LogP contribution in [0.4, 0.5) is 0 Å². The van der Waals surface area contributed by atoms with Gasteiger partial charge < -0.3 is 15.1 Å². The molecule has 1 aliphatic rings. The van der Waals surface area contributed by atoms with Gasteiger partial charge in [0.2, 0.25) is 11.8 Å². The second-order valence-electron chi connectivity index (χ2n) is 7.05. The lowest BCUT2D eigenvalue weighted by molar-refractivity contribution is -0.130. The highest BCUT2D eigenvalue weighted by Crippen LogP contribution is 2.29. The molecule has 0 saturated heterocycles. The maximum absolute atomic E-state index is 12.4. The predicted octanol–water partition coefficient (Wildman–Crippen LogP) is 3.33. The van der Waals surface area contributed by atoms with Gasteiger partial charge in [-0.2, -0.15) is 0 Å². The molecule has 1 heterocycles. The molecule has 1 fully saturated rings. The van der Waals surface area contributed by atoms with Crippen LogP contribution in [0.1, 0.15) is 42.6 Å². The monoisotopic (exact) mass is 354 g/mol. The van der Waals surface area contributed by atoms with E-state index < -0.39 is 0 Å². The average Bonchev–Trinajstić information content (AvgIpc) is 3.18. The van der Waals surface area contributed by atoms with Gasteiger partial charge in [0.05, 0.1) is 12.8 Å². The third-order valence-corrected chi connectivity index (χ3v) is 5.03. The van der Waals surface area contributed by atoms with E-state index in [0.29, 0.717) is 13.1 Å². The van der Waals surface area contributed by atoms with Gasteiger partial charge in [0.25, 0.3) is 0 Å². The Labute approximate surface area is 154 Å². The van der Waals surface area contributed by atoms with Gasteiger partial charge in [0.15, 0.2) is 0 Å². The Bertz CT molecular complexity index is 731. The van der Waals surface area contributed by atoms with Gasteiger partial charge in [-0.25, -0.2) is 0 Å². The third-order valence-electron chi connectivity index (χ3n) is 5.03. The fourth-order valence-electron chi connectivity index (χ4n) is 3.51. The Kier molecular flexibility index (Phi) is 6.10. The Morgan fingerprint density at radius 3 is 2.19 bits per heavy atom. The number of amides is 2. The molecule has 0 unspecified atom stereocenters. The van der Waals surface area contributed by atoms with Gasteiger partial charge in [-0.3, -0.25) is 9.59 Å². The summed E-state index contributed by atoms with van der Waals surface area (Å²) >= 11 is 0. The number of benzene rings is 1. The summed E-state index contributed by atoms with van der Waals surface area (Å²) in [4.78, 5) is 24.6. The Balaban J connectivity index is 1.39. The summed E-state index contributed by atoms with van der Waals surface area (Å²) in [6.45, 7) is 3.02. The van der Waals surface area contributed by atoms with Crippen molar-refractivity contribution in [2.24, 2.45) is 11.8 Å². The van der Waals surface area contributed by atoms with Crippen molar-refractivity contribution in [1.82, 2.24) is 10.6 Å². The van der Waals surface area contributed by atoms with E-state index in [1.54, 1.807) is 6.26 Å². The maximum atomic E-state index is 12.4. The molecule has 26 heavy (non-hydrogen) atoms. The minimum Gasteiger partial charge on any atom is -0.467 e. The summed E-state index contributed by atoms with van der Waals surface area (Å²) < 4.78 is 5.22. The summed E-state index contributed by atoms with van der Waals surface area (Å²) in [7, 11) is 0. The van der Waals surface area contributed by atoms with Crippen LogP contribution in [-0.4, -0.2) is 11.8 Å². The number of rotatable bonds is 6. The molecular formula is C21H26N2O3. The smallest absolute Gasteiger partial charge is 0.223 e. The number of carbonyl (C=O) groups is 2. The highest BCUT2D eigenvalue weighted by atomic mass is 16.3. The van der Waals surface area contributed by atoms with Crippen molar-refractivity contribution < 1.29 is 14.0 Å². The molecule has 5 heteroatoms. The van der Waals surface area contributed by atoms with Crippen molar-refractivity contribution in [3.05, 3.63) is 59.5 Å². The third kappa shape index (κ3) is 4.97. The molecule has 2 N–H and O–H groups in total. The number of hydrogen-bond acceptors (Lipinski definition) is 3. The largest absolute Gasteiger partial charge is 0.467 e. The van der Waals surface area contributed by atoms with E-state index in [0.717, 1.165) is 37.0 Å². The fraction of sp³-hybridized carbons (Fsp3) is 0.429. The van der Waals surface area contributed by atoms with Crippen molar-refractivity contribution in [1.29, 1.82) is 0 Å². The van der Waals surface area contributed by atoms with Gasteiger partial charge in [0.1, 0.15) is 5.76 Å². The van der Waals surface area contributed by atoms with Crippen molar-refractivity contribution in [2.45, 2.75) is 45.7 Å². The molecule has 0 spiro atoms. The molecule has 2 aromatic rings. The minimum atomic E-state index is -0.00853. The Morgan fingerprint density at radius 2 is 1.62 bits per heavy atom. The van der Waals surface area contributed by atoms with E-state index in [1.807, 2.05) is 37.3 Å². The summed E-state index contributed by atoms with van der Waals surface area (Å²) in [5.41, 5.74) is 2.31. The van der Waals surface area contributed by atoms with Crippen molar-refractivity contribution in [3.63, 3.8) is 0 Å². The van der Waals surface area contributed by atoms with Crippen LogP contribution in [0.5, 0.6) is 0 Å². The first-order valence-corrected chi connectivity index (χ1v) is 9.25. The topological polar surface area (TPSA) is 71.3 Å². The number of furan rings is 1. The van der Waals surface area contributed by atoms with Crippen LogP contribution in [0.25, 0.3) is 0 Å². The molecule has 138 valence electrons. The lowest BCUT2D eigenvalue weighted by Gasteiger charge is -2.27. The van der Waals surface area contributed by atoms with Gasteiger partial charge >= 0.3 is 0 Å². The number of hydrogen-bond donors (Lipinski definition) is 2. The molecule has 3 rings (SSSR count). The molecule has 0 aliphatic heterocycles. The van der Waals surface area contributed by atoms with E-state index in [2.05, 4.69) is 16.7 Å². The fourth-order valence-corrected chi connectivity index (χ4v) is 3.51. The molecule has 1 aromatic carbocycles. The standard InChI is InChI=1S/C21H26N2O3/c1-15-4-2-5-16(12-15)13-22-20(24)17-7-9-18(10-8-17)21(25)23-14-19-6-3-11-26-19/h2-6,11-12,17-18H,7-10,13-14H2,1H3,(H,22,24)(H,23,25). The molecule has 1 aromatic heterocycles. The quantitative estimate of drug-likeness (QED) is 0.836. The molecule has 0 atom stereocenters. The lowest BCUT2D eigenvalue weighted by atomic mass is 9.81. The minimum absolute atomic E-state index is 0.00827. The van der Waals surface area contributed by atoms with Crippen LogP contribution in [0, 0.1) is 18.8 Å². The zero-order valence-electron chi connectivity index (χ0n) is 15.2. The summed E-state index contributed by atoms with van der Waals surface area (Å²) in [5.74, 6) is 0.906. The SMILES string of the molecule is Cc1cccc(CNC(=O)C2CCC(C(=O)NCc3ccco3)CC2)c1. The number of aryl methyl sites for hydroxylation is 1. The lowest BCUT2D eigenvalue weighted by Crippen LogP contribution is -2.37. The van der Waals surface area contributed by atoms with Gasteiger partial charge in [-0.05, 0) is 50.3 Å². The van der Waals surface area contributed by atoms with Crippen LogP contribution in [-0.2, 0) is 22.7 Å². The first-order chi connectivity index (χ1) is 12.6. The van der Waals surface area contributed by atoms with Gasteiger partial charge in [-0.15, -0.1) is 0 Å². The number of nitrogens with one attached hydrogen (secondary N) is 2. The van der Waals surface area contributed by atoms with Crippen LogP contribution in [0.3, 0.4) is 0 Å². The van der Waals surface area contributed by atoms with Gasteiger partial charge in [0, 0.05) is 18.4 Å². The van der Waals surface area contributed by atoms with Gasteiger partial charge in [-0.1, -0.05) is 29.8 Å². The van der Waals surface area contributed by atoms with E-state index in [9.17, 15) is 9.59 Å². The molecule has 2 amide bonds. The van der Waals surface area contributed by atoms with Crippen molar-refractivity contribution in [3.8, 4) is 0 Å². The second-order valence-corrected chi connectivity index (χ2v) is 7.05. The average molecular weight is 354 g/mol. The summed E-state index contributed by atoms with van der Waals surface area (Å²) in [5, 5.41) is 5.95. The first-order valence-electron chi connectivity index (χ1n) is 9.25. The predicted molar refractivity (Wildman–Crippen MR) is 99.0 cm³/mol. The van der Waals surface area contributed by atoms with Crippen molar-refractivity contribution >= 4 is 11.8 Å². The van der Waals surface area contributed by atoms with Crippen LogP contribution >= 0.6 is 0 Å². The maximum Gasteiger partial charge on any atom is 0.223 e. The molecule has 1 saturated carbocycles. The summed E-state index contributed by atoms with van der Waals surface area (Å²) in [6, 6.07) is 11.8. The molecule has 0 bridgehead atoms. The van der Waals surface area contributed by atoms with Crippen LogP contribution < -0.4 is 10.6 Å². The number of carbonyl (C=O) groups excluding carboxylic acids is 2. The highest BCUT2D eigenvalue weighted by Gasteiger charge is 2.29. The van der Waals surface area contributed by atoms with Crippen LogP contribution in [0.15, 0.2) is 47.1 Å². The van der Waals surface area contributed by atoms with E-state index >= 15 is 0 Å². The summed E-state index contributed by atoms with van der Waals surface area (Å²) in [6.07, 6.45) is 4.64. The van der Waals surface area contributed by atoms with E-state index in [1.165, 1.54) is 5.56 Å². The van der Waals surface area contributed by atoms with E-state index in [-0.39, 0.29) is 23.7 Å². The molecule has 5 nitrogen and oxygen atoms in total. The van der Waals surface area contributed by atoms with Crippen LogP contribution in [0.2, 0.25) is 0 Å². The molecule has 0 radical (unpaired) electrons. The van der Waals surface area contributed by atoms with E-state index in [4.69, 9.17) is 4.42 Å². The molecular weight excluding hydrogens is 328 g/mol. The Hall–Kier alpha value is -2.56. The zero-order valence-corrected chi connectivity index (χ0v) is 15.2.